The van der Waals surface area contributed by atoms with Crippen LogP contribution < -0.4 is 4.74 Å². The number of hydrogen-bond acceptors (Lipinski definition) is 3. The number of aryl methyl sites for hydroxylation is 1. The second-order valence-electron chi connectivity index (χ2n) is 5.01. The Bertz CT molecular complexity index is 509. The van der Waals surface area contributed by atoms with Gasteiger partial charge in [0.25, 0.3) is 0 Å². The molecule has 0 heterocycles. The molecule has 0 amide bonds. The third-order valence-electron chi connectivity index (χ3n) is 3.62. The lowest BCUT2D eigenvalue weighted by Gasteiger charge is -2.21. The minimum atomic E-state index is -0.836. The van der Waals surface area contributed by atoms with Gasteiger partial charge in [0.05, 0.1) is 18.0 Å². The number of ether oxygens (including phenoxy) is 1. The van der Waals surface area contributed by atoms with Crippen molar-refractivity contribution in [2.24, 2.45) is 5.92 Å². The van der Waals surface area contributed by atoms with Gasteiger partial charge in [0.1, 0.15) is 0 Å². The number of aromatic hydroxyl groups is 1. The first-order chi connectivity index (χ1) is 8.95. The van der Waals surface area contributed by atoms with Crippen LogP contribution in [-0.4, -0.2) is 23.3 Å². The summed E-state index contributed by atoms with van der Waals surface area (Å²) >= 11 is 3.34. The van der Waals surface area contributed by atoms with Gasteiger partial charge in [0.15, 0.2) is 11.5 Å². The van der Waals surface area contributed by atoms with E-state index in [2.05, 4.69) is 15.9 Å². The molecular weight excluding hydrogens is 312 g/mol. The largest absolute Gasteiger partial charge is 0.504 e. The van der Waals surface area contributed by atoms with Crippen molar-refractivity contribution < 1.29 is 19.7 Å². The van der Waals surface area contributed by atoms with Gasteiger partial charge in [-0.25, -0.2) is 0 Å². The first-order valence-electron chi connectivity index (χ1n) is 6.23. The number of carbonyl (C=O) groups is 1. The van der Waals surface area contributed by atoms with Crippen molar-refractivity contribution in [1.82, 2.24) is 0 Å². The van der Waals surface area contributed by atoms with E-state index in [1.807, 2.05) is 13.0 Å². The van der Waals surface area contributed by atoms with E-state index in [9.17, 15) is 9.90 Å². The molecule has 1 aliphatic carbocycles. The molecule has 1 saturated carbocycles. The van der Waals surface area contributed by atoms with E-state index in [1.54, 1.807) is 0 Å². The molecule has 1 unspecified atom stereocenters. The molecule has 104 valence electrons. The summed E-state index contributed by atoms with van der Waals surface area (Å²) in [5.41, 5.74) is 1.60. The number of carboxylic acids is 1. The molecular formula is C14H17BrO4. The first-order valence-corrected chi connectivity index (χ1v) is 7.02. The maximum absolute atomic E-state index is 11.0. The minimum Gasteiger partial charge on any atom is -0.504 e. The number of methoxy groups -OCH3 is 1. The lowest BCUT2D eigenvalue weighted by molar-refractivity contribution is -0.137. The highest BCUT2D eigenvalue weighted by Crippen LogP contribution is 2.51. The van der Waals surface area contributed by atoms with Crippen molar-refractivity contribution in [2.45, 2.75) is 32.1 Å². The third-order valence-corrected chi connectivity index (χ3v) is 4.20. The second kappa shape index (κ2) is 5.41. The summed E-state index contributed by atoms with van der Waals surface area (Å²) in [6.07, 6.45) is 2.09. The SMILES string of the molecule is COc1c(Br)cc(C)c(C(CC(=O)O)C2CC2)c1O. The number of halogens is 1. The summed E-state index contributed by atoms with van der Waals surface area (Å²) in [5.74, 6) is -0.187. The van der Waals surface area contributed by atoms with Gasteiger partial charge in [-0.05, 0) is 53.2 Å². The number of phenols is 1. The fourth-order valence-electron chi connectivity index (χ4n) is 2.61. The maximum Gasteiger partial charge on any atom is 0.303 e. The maximum atomic E-state index is 11.0. The Kier molecular flexibility index (Phi) is 4.04. The summed E-state index contributed by atoms with van der Waals surface area (Å²) in [6, 6.07) is 1.87. The zero-order valence-electron chi connectivity index (χ0n) is 10.9. The van der Waals surface area contributed by atoms with E-state index in [-0.39, 0.29) is 18.1 Å². The molecule has 1 aliphatic rings. The van der Waals surface area contributed by atoms with E-state index in [4.69, 9.17) is 9.84 Å². The topological polar surface area (TPSA) is 66.8 Å². The molecule has 0 saturated heterocycles. The van der Waals surface area contributed by atoms with Crippen LogP contribution >= 0.6 is 15.9 Å². The summed E-state index contributed by atoms with van der Waals surface area (Å²) < 4.78 is 5.86. The highest BCUT2D eigenvalue weighted by Gasteiger charge is 2.37. The van der Waals surface area contributed by atoms with Crippen LogP contribution in [0, 0.1) is 12.8 Å². The van der Waals surface area contributed by atoms with E-state index >= 15 is 0 Å². The third kappa shape index (κ3) is 2.86. The molecule has 19 heavy (non-hydrogen) atoms. The average Bonchev–Trinajstić information content (AvgIpc) is 3.10. The van der Waals surface area contributed by atoms with Crippen molar-refractivity contribution in [3.8, 4) is 11.5 Å². The van der Waals surface area contributed by atoms with Crippen molar-refractivity contribution >= 4 is 21.9 Å². The molecule has 1 aromatic carbocycles. The van der Waals surface area contributed by atoms with Gasteiger partial charge in [0.2, 0.25) is 0 Å². The number of benzene rings is 1. The smallest absolute Gasteiger partial charge is 0.303 e. The Hall–Kier alpha value is -1.23. The number of aliphatic carboxylic acids is 1. The fraction of sp³-hybridized carbons (Fsp3) is 0.500. The van der Waals surface area contributed by atoms with E-state index in [0.29, 0.717) is 21.7 Å². The molecule has 1 aromatic rings. The van der Waals surface area contributed by atoms with Crippen LogP contribution in [0.3, 0.4) is 0 Å². The summed E-state index contributed by atoms with van der Waals surface area (Å²) in [7, 11) is 1.49. The molecule has 4 nitrogen and oxygen atoms in total. The second-order valence-corrected chi connectivity index (χ2v) is 5.87. The van der Waals surface area contributed by atoms with E-state index in [0.717, 1.165) is 18.4 Å². The molecule has 0 aromatic heterocycles. The molecule has 2 rings (SSSR count). The van der Waals surface area contributed by atoms with E-state index < -0.39 is 5.97 Å². The molecule has 1 atom stereocenters. The predicted octanol–water partition coefficient (Wildman–Crippen LogP) is 3.44. The molecule has 1 fully saturated rings. The summed E-state index contributed by atoms with van der Waals surface area (Å²) in [5, 5.41) is 19.4. The minimum absolute atomic E-state index is 0.0455. The zero-order chi connectivity index (χ0) is 14.2. The molecule has 2 N–H and O–H groups in total. The quantitative estimate of drug-likeness (QED) is 0.868. The normalized spacial score (nSPS) is 16.2. The van der Waals surface area contributed by atoms with E-state index in [1.165, 1.54) is 7.11 Å². The monoisotopic (exact) mass is 328 g/mol. The fourth-order valence-corrected chi connectivity index (χ4v) is 3.30. The average molecular weight is 329 g/mol. The Morgan fingerprint density at radius 3 is 2.68 bits per heavy atom. The first kappa shape index (κ1) is 14.2. The van der Waals surface area contributed by atoms with Crippen LogP contribution in [0.25, 0.3) is 0 Å². The van der Waals surface area contributed by atoms with Gasteiger partial charge in [0, 0.05) is 11.5 Å². The van der Waals surface area contributed by atoms with Crippen molar-refractivity contribution in [2.75, 3.05) is 7.11 Å². The Morgan fingerprint density at radius 1 is 1.58 bits per heavy atom. The van der Waals surface area contributed by atoms with Crippen molar-refractivity contribution in [3.63, 3.8) is 0 Å². The van der Waals surface area contributed by atoms with Gasteiger partial charge < -0.3 is 14.9 Å². The standard InChI is InChI=1S/C14H17BrO4/c1-7-5-10(15)14(19-2)13(18)12(7)9(6-11(16)17)8-3-4-8/h5,8-9,18H,3-4,6H2,1-2H3,(H,16,17). The lowest BCUT2D eigenvalue weighted by Crippen LogP contribution is -2.10. The highest BCUT2D eigenvalue weighted by molar-refractivity contribution is 9.10. The van der Waals surface area contributed by atoms with Crippen LogP contribution in [0.1, 0.15) is 36.3 Å². The number of phenolic OH excluding ortho intramolecular Hbond substituents is 1. The molecule has 5 heteroatoms. The van der Waals surface area contributed by atoms with Gasteiger partial charge in [-0.3, -0.25) is 4.79 Å². The predicted molar refractivity (Wildman–Crippen MR) is 74.8 cm³/mol. The number of hydrogen-bond donors (Lipinski definition) is 2. The van der Waals surface area contributed by atoms with Crippen LogP contribution in [0.5, 0.6) is 11.5 Å². The Balaban J connectivity index is 2.49. The van der Waals surface area contributed by atoms with Crippen LogP contribution in [-0.2, 0) is 4.79 Å². The molecule has 0 aliphatic heterocycles. The Morgan fingerprint density at radius 2 is 2.21 bits per heavy atom. The van der Waals surface area contributed by atoms with Gasteiger partial charge in [-0.15, -0.1) is 0 Å². The van der Waals surface area contributed by atoms with Gasteiger partial charge >= 0.3 is 5.97 Å². The van der Waals surface area contributed by atoms with Gasteiger partial charge in [-0.2, -0.15) is 0 Å². The number of carboxylic acid groups (broad SMARTS) is 1. The highest BCUT2D eigenvalue weighted by atomic mass is 79.9. The zero-order valence-corrected chi connectivity index (χ0v) is 12.5. The van der Waals surface area contributed by atoms with Crippen LogP contribution in [0.4, 0.5) is 0 Å². The van der Waals surface area contributed by atoms with Crippen LogP contribution in [0.15, 0.2) is 10.5 Å². The van der Waals surface area contributed by atoms with Gasteiger partial charge in [-0.1, -0.05) is 0 Å². The van der Waals surface area contributed by atoms with Crippen molar-refractivity contribution in [3.05, 3.63) is 21.7 Å². The Labute approximate surface area is 120 Å². The lowest BCUT2D eigenvalue weighted by atomic mass is 9.87. The summed E-state index contributed by atoms with van der Waals surface area (Å²) in [6.45, 7) is 1.89. The van der Waals surface area contributed by atoms with Crippen LogP contribution in [0.2, 0.25) is 0 Å². The summed E-state index contributed by atoms with van der Waals surface area (Å²) in [4.78, 5) is 11.0. The molecule has 0 radical (unpaired) electrons. The van der Waals surface area contributed by atoms with Crippen molar-refractivity contribution in [1.29, 1.82) is 0 Å². The molecule has 0 spiro atoms. The number of rotatable bonds is 5. The molecule has 0 bridgehead atoms.